The van der Waals surface area contributed by atoms with E-state index in [1.807, 2.05) is 0 Å². The zero-order chi connectivity index (χ0) is 19.1. The van der Waals surface area contributed by atoms with Gasteiger partial charge in [0.2, 0.25) is 17.6 Å². The summed E-state index contributed by atoms with van der Waals surface area (Å²) in [6, 6.07) is 4.56. The number of rotatable bonds is 3. The van der Waals surface area contributed by atoms with E-state index >= 15 is 0 Å². The van der Waals surface area contributed by atoms with Crippen LogP contribution in [-0.4, -0.2) is 45.6 Å². The summed E-state index contributed by atoms with van der Waals surface area (Å²) in [5.74, 6) is -2.96. The number of fused-ring (bicyclic) bond motifs is 1. The van der Waals surface area contributed by atoms with Crippen molar-refractivity contribution in [2.24, 2.45) is 0 Å². The van der Waals surface area contributed by atoms with Gasteiger partial charge in [0.15, 0.2) is 0 Å². The second-order valence-electron chi connectivity index (χ2n) is 6.04. The Kier molecular flexibility index (Phi) is 3.80. The number of anilines is 1. The molecule has 0 aliphatic carbocycles. The summed E-state index contributed by atoms with van der Waals surface area (Å²) in [5, 5.41) is 8.11. The van der Waals surface area contributed by atoms with Crippen molar-refractivity contribution in [1.29, 1.82) is 0 Å². The summed E-state index contributed by atoms with van der Waals surface area (Å²) in [6.45, 7) is 0. The molecular formula is C17H12N4O6. The Morgan fingerprint density at radius 2 is 1.93 bits per heavy atom. The first-order valence-corrected chi connectivity index (χ1v) is 8.03. The number of nitrogens with one attached hydrogen (secondary N) is 2. The van der Waals surface area contributed by atoms with Gasteiger partial charge in [-0.2, -0.15) is 0 Å². The first kappa shape index (κ1) is 16.6. The van der Waals surface area contributed by atoms with Gasteiger partial charge in [0.05, 0.1) is 17.3 Å². The van der Waals surface area contributed by atoms with Crippen LogP contribution in [0.5, 0.6) is 0 Å². The lowest BCUT2D eigenvalue weighted by Crippen LogP contribution is -2.54. The van der Waals surface area contributed by atoms with Crippen LogP contribution >= 0.6 is 0 Å². The third kappa shape index (κ3) is 2.76. The molecule has 136 valence electrons. The summed E-state index contributed by atoms with van der Waals surface area (Å²) in [7, 11) is 0. The van der Waals surface area contributed by atoms with Crippen molar-refractivity contribution in [3.05, 3.63) is 47.3 Å². The van der Waals surface area contributed by atoms with Crippen molar-refractivity contribution in [2.75, 3.05) is 5.32 Å². The highest BCUT2D eigenvalue weighted by Crippen LogP contribution is 2.29. The fourth-order valence-electron chi connectivity index (χ4n) is 3.07. The molecule has 3 heterocycles. The van der Waals surface area contributed by atoms with Crippen molar-refractivity contribution in [3.63, 3.8) is 0 Å². The van der Waals surface area contributed by atoms with Crippen molar-refractivity contribution >= 4 is 35.2 Å². The van der Waals surface area contributed by atoms with E-state index in [0.717, 1.165) is 4.90 Å². The lowest BCUT2D eigenvalue weighted by Gasteiger charge is -2.27. The number of hydrogen-bond acceptors (Lipinski definition) is 7. The van der Waals surface area contributed by atoms with Gasteiger partial charge in [-0.1, -0.05) is 5.16 Å². The monoisotopic (exact) mass is 368 g/mol. The fraction of sp³-hybridized carbons (Fsp3) is 0.176. The minimum Gasteiger partial charge on any atom is -0.351 e. The van der Waals surface area contributed by atoms with Crippen LogP contribution in [0, 0.1) is 0 Å². The minimum atomic E-state index is -1.04. The molecule has 2 N–H and O–H groups in total. The maximum atomic E-state index is 12.7. The molecule has 1 aromatic carbocycles. The Balaban J connectivity index is 1.59. The highest BCUT2D eigenvalue weighted by atomic mass is 16.5. The number of piperidine rings is 1. The Morgan fingerprint density at radius 3 is 2.63 bits per heavy atom. The normalized spacial score (nSPS) is 19.1. The summed E-state index contributed by atoms with van der Waals surface area (Å²) in [4.78, 5) is 61.5. The predicted molar refractivity (Wildman–Crippen MR) is 87.6 cm³/mol. The molecule has 1 aromatic heterocycles. The van der Waals surface area contributed by atoms with Crippen LogP contribution in [-0.2, 0) is 9.59 Å². The van der Waals surface area contributed by atoms with Gasteiger partial charge in [0, 0.05) is 18.2 Å². The summed E-state index contributed by atoms with van der Waals surface area (Å²) in [5.41, 5.74) is 0.476. The van der Waals surface area contributed by atoms with Gasteiger partial charge in [0.1, 0.15) is 6.04 Å². The number of imide groups is 2. The van der Waals surface area contributed by atoms with Crippen molar-refractivity contribution < 1.29 is 28.5 Å². The van der Waals surface area contributed by atoms with E-state index in [9.17, 15) is 24.0 Å². The molecule has 1 fully saturated rings. The lowest BCUT2D eigenvalue weighted by atomic mass is 10.0. The largest absolute Gasteiger partial charge is 0.351 e. The van der Waals surface area contributed by atoms with Crippen LogP contribution in [0.1, 0.15) is 44.1 Å². The SMILES string of the molecule is O=C1CCC(N2C(=O)c3ccc(NC(=O)c4ccno4)cc3C2=O)C(=O)N1. The molecule has 2 aliphatic rings. The third-order valence-electron chi connectivity index (χ3n) is 4.36. The zero-order valence-electron chi connectivity index (χ0n) is 13.7. The molecule has 2 aliphatic heterocycles. The van der Waals surface area contributed by atoms with Crippen LogP contribution in [0.15, 0.2) is 35.0 Å². The Labute approximate surface area is 151 Å². The number of aromatic nitrogens is 1. The Hall–Kier alpha value is -3.82. The van der Waals surface area contributed by atoms with Gasteiger partial charge in [-0.25, -0.2) is 0 Å². The van der Waals surface area contributed by atoms with E-state index < -0.39 is 35.6 Å². The molecule has 1 unspecified atom stereocenters. The molecule has 0 bridgehead atoms. The lowest BCUT2D eigenvalue weighted by molar-refractivity contribution is -0.136. The second kappa shape index (κ2) is 6.16. The van der Waals surface area contributed by atoms with Crippen LogP contribution in [0.2, 0.25) is 0 Å². The van der Waals surface area contributed by atoms with E-state index in [1.165, 1.54) is 30.5 Å². The summed E-state index contributed by atoms with van der Waals surface area (Å²) >= 11 is 0. The standard InChI is InChI=1S/C17H12N4O6/c22-13-4-3-11(14(23)20-13)21-16(25)9-2-1-8(7-10(9)17(21)26)19-15(24)12-5-6-18-27-12/h1-2,5-7,11H,3-4H2,(H,19,24)(H,20,22,23). The third-order valence-corrected chi connectivity index (χ3v) is 4.36. The first-order valence-electron chi connectivity index (χ1n) is 8.03. The average Bonchev–Trinajstić information content (AvgIpc) is 3.25. The average molecular weight is 368 g/mol. The molecule has 10 nitrogen and oxygen atoms in total. The number of carbonyl (C=O) groups excluding carboxylic acids is 5. The van der Waals surface area contributed by atoms with Crippen molar-refractivity contribution in [2.45, 2.75) is 18.9 Å². The quantitative estimate of drug-likeness (QED) is 0.744. The number of benzene rings is 1. The van der Waals surface area contributed by atoms with E-state index in [-0.39, 0.29) is 35.4 Å². The van der Waals surface area contributed by atoms with Gasteiger partial charge >= 0.3 is 0 Å². The van der Waals surface area contributed by atoms with Gasteiger partial charge < -0.3 is 9.84 Å². The van der Waals surface area contributed by atoms with Crippen LogP contribution in [0.4, 0.5) is 5.69 Å². The topological polar surface area (TPSA) is 139 Å². The Morgan fingerprint density at radius 1 is 1.15 bits per heavy atom. The van der Waals surface area contributed by atoms with Gasteiger partial charge in [-0.15, -0.1) is 0 Å². The molecule has 27 heavy (non-hydrogen) atoms. The molecule has 5 amide bonds. The molecule has 2 aromatic rings. The molecule has 1 atom stereocenters. The zero-order valence-corrected chi connectivity index (χ0v) is 13.7. The molecular weight excluding hydrogens is 356 g/mol. The smallest absolute Gasteiger partial charge is 0.294 e. The highest BCUT2D eigenvalue weighted by Gasteiger charge is 2.44. The predicted octanol–water partition coefficient (Wildman–Crippen LogP) is 0.328. The van der Waals surface area contributed by atoms with Crippen LogP contribution in [0.3, 0.4) is 0 Å². The minimum absolute atomic E-state index is 0.0110. The highest BCUT2D eigenvalue weighted by molar-refractivity contribution is 6.24. The molecule has 0 saturated carbocycles. The molecule has 0 spiro atoms. The molecule has 4 rings (SSSR count). The maximum absolute atomic E-state index is 12.7. The number of hydrogen-bond donors (Lipinski definition) is 2. The molecule has 1 saturated heterocycles. The summed E-state index contributed by atoms with van der Waals surface area (Å²) in [6.07, 6.45) is 1.44. The fourth-order valence-corrected chi connectivity index (χ4v) is 3.07. The maximum Gasteiger partial charge on any atom is 0.294 e. The summed E-state index contributed by atoms with van der Waals surface area (Å²) < 4.78 is 4.75. The van der Waals surface area contributed by atoms with Crippen molar-refractivity contribution in [1.82, 2.24) is 15.4 Å². The van der Waals surface area contributed by atoms with Crippen LogP contribution < -0.4 is 10.6 Å². The number of nitrogens with zero attached hydrogens (tertiary/aromatic N) is 2. The van der Waals surface area contributed by atoms with Crippen LogP contribution in [0.25, 0.3) is 0 Å². The molecule has 0 radical (unpaired) electrons. The van der Waals surface area contributed by atoms with E-state index in [4.69, 9.17) is 4.52 Å². The first-order chi connectivity index (χ1) is 13.0. The van der Waals surface area contributed by atoms with Gasteiger partial charge in [0.25, 0.3) is 17.7 Å². The van der Waals surface area contributed by atoms with E-state index in [0.29, 0.717) is 0 Å². The Bertz CT molecular complexity index is 997. The van der Waals surface area contributed by atoms with Gasteiger partial charge in [-0.05, 0) is 24.6 Å². The molecule has 10 heteroatoms. The number of amides is 5. The van der Waals surface area contributed by atoms with E-state index in [1.54, 1.807) is 0 Å². The second-order valence-corrected chi connectivity index (χ2v) is 6.04. The van der Waals surface area contributed by atoms with Crippen molar-refractivity contribution in [3.8, 4) is 0 Å². The van der Waals surface area contributed by atoms with Gasteiger partial charge in [-0.3, -0.25) is 34.2 Å². The van der Waals surface area contributed by atoms with E-state index in [2.05, 4.69) is 15.8 Å². The number of carbonyl (C=O) groups is 5.